The normalized spacial score (nSPS) is 10.2. The summed E-state index contributed by atoms with van der Waals surface area (Å²) < 4.78 is 5.74. The zero-order chi connectivity index (χ0) is 12.4. The summed E-state index contributed by atoms with van der Waals surface area (Å²) in [5.74, 6) is -0.167. The van der Waals surface area contributed by atoms with Gasteiger partial charge in [-0.25, -0.2) is 4.79 Å². The summed E-state index contributed by atoms with van der Waals surface area (Å²) in [6, 6.07) is 9.34. The van der Waals surface area contributed by atoms with Gasteiger partial charge in [0.25, 0.3) is 0 Å². The molecule has 1 aromatic heterocycles. The molecule has 0 spiro atoms. The Morgan fingerprint density at radius 2 is 2.18 bits per heavy atom. The van der Waals surface area contributed by atoms with E-state index in [2.05, 4.69) is 15.9 Å². The van der Waals surface area contributed by atoms with E-state index in [1.54, 1.807) is 7.11 Å². The average molecular weight is 313 g/mol. The molecule has 0 radical (unpaired) electrons. The first kappa shape index (κ1) is 12.1. The molecule has 2 rings (SSSR count). The molecule has 0 fully saturated rings. The molecule has 0 aliphatic heterocycles. The lowest BCUT2D eigenvalue weighted by atomic mass is 10.2. The maximum atomic E-state index is 10.9. The first-order chi connectivity index (χ1) is 8.11. The molecule has 0 saturated heterocycles. The second-order valence-electron chi connectivity index (χ2n) is 3.32. The Balaban J connectivity index is 2.46. The van der Waals surface area contributed by atoms with Gasteiger partial charge >= 0.3 is 5.97 Å². The van der Waals surface area contributed by atoms with Crippen molar-refractivity contribution in [2.45, 2.75) is 0 Å². The van der Waals surface area contributed by atoms with Gasteiger partial charge in [0.2, 0.25) is 0 Å². The van der Waals surface area contributed by atoms with Crippen LogP contribution in [0.3, 0.4) is 0 Å². The number of carbonyl (C=O) groups is 1. The summed E-state index contributed by atoms with van der Waals surface area (Å²) in [6.45, 7) is 0. The summed E-state index contributed by atoms with van der Waals surface area (Å²) >= 11 is 4.49. The summed E-state index contributed by atoms with van der Waals surface area (Å²) in [4.78, 5) is 12.1. The number of benzene rings is 1. The second-order valence-corrected chi connectivity index (χ2v) is 5.23. The van der Waals surface area contributed by atoms with E-state index in [1.165, 1.54) is 11.3 Å². The molecule has 2 aromatic rings. The summed E-state index contributed by atoms with van der Waals surface area (Å²) in [6.07, 6.45) is 0. The Bertz CT molecular complexity index is 563. The highest BCUT2D eigenvalue weighted by atomic mass is 79.9. The molecule has 0 bridgehead atoms. The average Bonchev–Trinajstić information content (AvgIpc) is 2.71. The van der Waals surface area contributed by atoms with E-state index in [9.17, 15) is 4.79 Å². The van der Waals surface area contributed by atoms with E-state index in [1.807, 2.05) is 30.3 Å². The number of carboxylic acid groups (broad SMARTS) is 1. The van der Waals surface area contributed by atoms with Gasteiger partial charge < -0.3 is 9.84 Å². The van der Waals surface area contributed by atoms with Crippen molar-refractivity contribution < 1.29 is 14.6 Å². The Kier molecular flexibility index (Phi) is 3.49. The maximum Gasteiger partial charge on any atom is 0.347 e. The fourth-order valence-corrected chi connectivity index (χ4v) is 3.11. The topological polar surface area (TPSA) is 46.5 Å². The van der Waals surface area contributed by atoms with Gasteiger partial charge in [-0.05, 0) is 39.7 Å². The zero-order valence-electron chi connectivity index (χ0n) is 8.94. The molecule has 5 heteroatoms. The molecule has 17 heavy (non-hydrogen) atoms. The smallest absolute Gasteiger partial charge is 0.347 e. The highest BCUT2D eigenvalue weighted by Gasteiger charge is 2.14. The lowest BCUT2D eigenvalue weighted by molar-refractivity contribution is 0.0701. The summed E-state index contributed by atoms with van der Waals surface area (Å²) in [7, 11) is 1.60. The number of ether oxygens (including phenoxy) is 1. The second kappa shape index (κ2) is 4.89. The van der Waals surface area contributed by atoms with Crippen molar-refractivity contribution in [1.82, 2.24) is 0 Å². The third-order valence-corrected chi connectivity index (χ3v) is 4.30. The molecule has 3 nitrogen and oxygen atoms in total. The van der Waals surface area contributed by atoms with Crippen LogP contribution in [0.15, 0.2) is 34.8 Å². The lowest BCUT2D eigenvalue weighted by Gasteiger charge is -2.01. The molecule has 1 N–H and O–H groups in total. The van der Waals surface area contributed by atoms with Gasteiger partial charge in [-0.1, -0.05) is 12.1 Å². The predicted molar refractivity (Wildman–Crippen MR) is 71.0 cm³/mol. The van der Waals surface area contributed by atoms with E-state index in [-0.39, 0.29) is 0 Å². The van der Waals surface area contributed by atoms with Crippen LogP contribution in [-0.2, 0) is 0 Å². The highest BCUT2D eigenvalue weighted by molar-refractivity contribution is 9.10. The number of carboxylic acids is 1. The van der Waals surface area contributed by atoms with Gasteiger partial charge in [-0.15, -0.1) is 11.3 Å². The number of rotatable bonds is 3. The quantitative estimate of drug-likeness (QED) is 0.935. The molecular formula is C12H9BrO3S. The van der Waals surface area contributed by atoms with Crippen molar-refractivity contribution in [3.8, 4) is 16.2 Å². The van der Waals surface area contributed by atoms with Crippen LogP contribution in [0.1, 0.15) is 9.67 Å². The van der Waals surface area contributed by atoms with Crippen molar-refractivity contribution in [1.29, 1.82) is 0 Å². The van der Waals surface area contributed by atoms with E-state index in [4.69, 9.17) is 9.84 Å². The molecule has 1 heterocycles. The molecule has 0 atom stereocenters. The molecule has 0 aliphatic rings. The fourth-order valence-electron chi connectivity index (χ4n) is 1.43. The van der Waals surface area contributed by atoms with Gasteiger partial charge in [-0.2, -0.15) is 0 Å². The first-order valence-corrected chi connectivity index (χ1v) is 6.40. The SMILES string of the molecule is COc1cccc(-c2cc(Br)c(C(=O)O)s2)c1. The minimum Gasteiger partial charge on any atom is -0.497 e. The lowest BCUT2D eigenvalue weighted by Crippen LogP contribution is -1.91. The number of methoxy groups -OCH3 is 1. The van der Waals surface area contributed by atoms with Crippen molar-refractivity contribution in [2.75, 3.05) is 7.11 Å². The molecule has 0 aliphatic carbocycles. The van der Waals surface area contributed by atoms with E-state index >= 15 is 0 Å². The van der Waals surface area contributed by atoms with Gasteiger partial charge in [0, 0.05) is 9.35 Å². The first-order valence-electron chi connectivity index (χ1n) is 4.79. The van der Waals surface area contributed by atoms with Crippen LogP contribution in [0.5, 0.6) is 5.75 Å². The van der Waals surface area contributed by atoms with Crippen LogP contribution in [0.2, 0.25) is 0 Å². The van der Waals surface area contributed by atoms with Crippen LogP contribution in [0, 0.1) is 0 Å². The number of aromatic carboxylic acids is 1. The van der Waals surface area contributed by atoms with Gasteiger partial charge in [0.05, 0.1) is 7.11 Å². The van der Waals surface area contributed by atoms with Gasteiger partial charge in [-0.3, -0.25) is 0 Å². The van der Waals surface area contributed by atoms with E-state index in [0.717, 1.165) is 16.2 Å². The molecule has 0 unspecified atom stereocenters. The van der Waals surface area contributed by atoms with E-state index in [0.29, 0.717) is 9.35 Å². The van der Waals surface area contributed by atoms with Crippen molar-refractivity contribution in [3.63, 3.8) is 0 Å². The standard InChI is InChI=1S/C12H9BrO3S/c1-16-8-4-2-3-7(5-8)10-6-9(13)11(17-10)12(14)15/h2-6H,1H3,(H,14,15). The molecular weight excluding hydrogens is 304 g/mol. The van der Waals surface area contributed by atoms with Gasteiger partial charge in [0.15, 0.2) is 0 Å². The minimum atomic E-state index is -0.920. The van der Waals surface area contributed by atoms with E-state index < -0.39 is 5.97 Å². The van der Waals surface area contributed by atoms with Crippen LogP contribution < -0.4 is 4.74 Å². The third-order valence-electron chi connectivity index (χ3n) is 2.24. The van der Waals surface area contributed by atoms with Crippen LogP contribution >= 0.6 is 27.3 Å². The molecule has 0 saturated carbocycles. The fraction of sp³-hybridized carbons (Fsp3) is 0.0833. The number of halogens is 1. The number of hydrogen-bond donors (Lipinski definition) is 1. The highest BCUT2D eigenvalue weighted by Crippen LogP contribution is 2.35. The monoisotopic (exact) mass is 312 g/mol. The Morgan fingerprint density at radius 1 is 1.41 bits per heavy atom. The Labute approximate surface area is 111 Å². The largest absolute Gasteiger partial charge is 0.497 e. The summed E-state index contributed by atoms with van der Waals surface area (Å²) in [5.41, 5.74) is 0.947. The number of hydrogen-bond acceptors (Lipinski definition) is 3. The number of thiophene rings is 1. The third kappa shape index (κ3) is 2.50. The van der Waals surface area contributed by atoms with Gasteiger partial charge in [0.1, 0.15) is 10.6 Å². The Hall–Kier alpha value is -1.33. The van der Waals surface area contributed by atoms with Crippen molar-refractivity contribution in [3.05, 3.63) is 39.7 Å². The maximum absolute atomic E-state index is 10.9. The van der Waals surface area contributed by atoms with Crippen LogP contribution in [0.25, 0.3) is 10.4 Å². The Morgan fingerprint density at radius 3 is 2.76 bits per heavy atom. The van der Waals surface area contributed by atoms with Crippen LogP contribution in [0.4, 0.5) is 0 Å². The predicted octanol–water partition coefficient (Wildman–Crippen LogP) is 3.88. The molecule has 88 valence electrons. The summed E-state index contributed by atoms with van der Waals surface area (Å²) in [5, 5.41) is 8.98. The molecule has 1 aromatic carbocycles. The van der Waals surface area contributed by atoms with Crippen LogP contribution in [-0.4, -0.2) is 18.2 Å². The molecule has 0 amide bonds. The van der Waals surface area contributed by atoms with Crippen molar-refractivity contribution in [2.24, 2.45) is 0 Å². The minimum absolute atomic E-state index is 0.308. The zero-order valence-corrected chi connectivity index (χ0v) is 11.3. The van der Waals surface area contributed by atoms with Crippen molar-refractivity contribution >= 4 is 33.2 Å².